The summed E-state index contributed by atoms with van der Waals surface area (Å²) in [7, 11) is 2.11. The lowest BCUT2D eigenvalue weighted by molar-refractivity contribution is -0.139. The molecular formula is C22H23F4N5S. The normalized spacial score (nSPS) is 15.8. The lowest BCUT2D eigenvalue weighted by Gasteiger charge is -2.29. The molecule has 0 spiro atoms. The molecule has 32 heavy (non-hydrogen) atoms. The van der Waals surface area contributed by atoms with Gasteiger partial charge in [0.15, 0.2) is 5.13 Å². The number of halogens is 4. The first-order valence-corrected chi connectivity index (χ1v) is 11.1. The maximum atomic E-state index is 13.6. The minimum absolute atomic E-state index is 0.125. The maximum absolute atomic E-state index is 13.6. The molecule has 4 rings (SSSR count). The Morgan fingerprint density at radius 3 is 2.66 bits per heavy atom. The van der Waals surface area contributed by atoms with E-state index in [4.69, 9.17) is 0 Å². The van der Waals surface area contributed by atoms with Crippen molar-refractivity contribution < 1.29 is 17.6 Å². The summed E-state index contributed by atoms with van der Waals surface area (Å²) >= 11 is 1.36. The number of aromatic nitrogens is 2. The summed E-state index contributed by atoms with van der Waals surface area (Å²) in [5.74, 6) is -1.30. The molecule has 170 valence electrons. The number of rotatable bonds is 6. The molecule has 0 unspecified atom stereocenters. The van der Waals surface area contributed by atoms with Gasteiger partial charge in [-0.3, -0.25) is 4.98 Å². The summed E-state index contributed by atoms with van der Waals surface area (Å²) in [5, 5.41) is 6.92. The van der Waals surface area contributed by atoms with Crippen molar-refractivity contribution >= 4 is 22.2 Å². The fourth-order valence-electron chi connectivity index (χ4n) is 3.65. The fraction of sp³-hybridized carbons (Fsp3) is 0.364. The Morgan fingerprint density at radius 2 is 1.97 bits per heavy atom. The minimum atomic E-state index is -4.77. The Balaban J connectivity index is 1.57. The van der Waals surface area contributed by atoms with E-state index in [1.807, 2.05) is 12.1 Å². The van der Waals surface area contributed by atoms with Gasteiger partial charge in [-0.15, -0.1) is 0 Å². The van der Waals surface area contributed by atoms with E-state index in [0.29, 0.717) is 17.7 Å². The van der Waals surface area contributed by atoms with Crippen molar-refractivity contribution in [1.29, 1.82) is 0 Å². The van der Waals surface area contributed by atoms with Gasteiger partial charge in [-0.05, 0) is 63.3 Å². The number of pyridine rings is 1. The number of likely N-dealkylation sites (tertiary alicyclic amines) is 1. The van der Waals surface area contributed by atoms with E-state index < -0.39 is 17.6 Å². The van der Waals surface area contributed by atoms with Gasteiger partial charge < -0.3 is 15.5 Å². The number of benzene rings is 1. The number of thiazole rings is 1. The first kappa shape index (κ1) is 22.6. The van der Waals surface area contributed by atoms with Crippen LogP contribution in [0.1, 0.15) is 23.3 Å². The molecule has 3 aromatic rings. The highest BCUT2D eigenvalue weighted by atomic mass is 32.1. The minimum Gasteiger partial charge on any atom is -0.332 e. The topological polar surface area (TPSA) is 53.1 Å². The molecule has 5 nitrogen and oxygen atoms in total. The van der Waals surface area contributed by atoms with Crippen LogP contribution >= 0.6 is 11.3 Å². The second-order valence-electron chi connectivity index (χ2n) is 7.81. The van der Waals surface area contributed by atoms with Crippen molar-refractivity contribution in [3.05, 3.63) is 59.0 Å². The van der Waals surface area contributed by atoms with Gasteiger partial charge in [0, 0.05) is 41.1 Å². The van der Waals surface area contributed by atoms with E-state index in [1.54, 1.807) is 12.4 Å². The first-order valence-electron chi connectivity index (χ1n) is 10.3. The third kappa shape index (κ3) is 5.43. The van der Waals surface area contributed by atoms with Crippen LogP contribution in [0.3, 0.4) is 0 Å². The number of hydrogen-bond donors (Lipinski definition) is 2. The third-order valence-corrected chi connectivity index (χ3v) is 6.40. The largest absolute Gasteiger partial charge is 0.419 e. The van der Waals surface area contributed by atoms with Crippen molar-refractivity contribution in [2.45, 2.75) is 31.6 Å². The number of piperidine rings is 1. The van der Waals surface area contributed by atoms with Crippen LogP contribution in [0.15, 0.2) is 42.7 Å². The van der Waals surface area contributed by atoms with Crippen molar-refractivity contribution in [3.8, 4) is 11.3 Å². The number of nitrogens with one attached hydrogen (secondary N) is 2. The molecule has 3 heterocycles. The molecule has 10 heteroatoms. The van der Waals surface area contributed by atoms with Crippen molar-refractivity contribution in [3.63, 3.8) is 0 Å². The van der Waals surface area contributed by atoms with Crippen LogP contribution in [0.5, 0.6) is 0 Å². The molecule has 0 atom stereocenters. The predicted octanol–water partition coefficient (Wildman–Crippen LogP) is 5.29. The molecule has 1 fully saturated rings. The zero-order chi connectivity index (χ0) is 22.7. The second-order valence-corrected chi connectivity index (χ2v) is 8.89. The Morgan fingerprint density at radius 1 is 1.19 bits per heavy atom. The van der Waals surface area contributed by atoms with E-state index in [-0.39, 0.29) is 5.69 Å². The van der Waals surface area contributed by atoms with Gasteiger partial charge in [0.1, 0.15) is 5.82 Å². The highest BCUT2D eigenvalue weighted by molar-refractivity contribution is 7.16. The number of alkyl halides is 3. The standard InChI is InChI=1S/C22H23F4N5S/c1-31-9-6-15(7-10-31)28-13-19-20(14-3-2-8-27-12-14)30-21(32-19)29-16-4-5-18(23)17(11-16)22(24,25)26/h2-5,8,11-12,15,28H,6-7,9-10,13H2,1H3,(H,29,30). The molecule has 0 amide bonds. The molecule has 1 aromatic carbocycles. The van der Waals surface area contributed by atoms with Crippen LogP contribution in [-0.2, 0) is 12.7 Å². The summed E-state index contributed by atoms with van der Waals surface area (Å²) in [6.45, 7) is 2.67. The van der Waals surface area contributed by atoms with Crippen LogP contribution in [-0.4, -0.2) is 41.0 Å². The Hall–Kier alpha value is -2.56. The van der Waals surface area contributed by atoms with Gasteiger partial charge >= 0.3 is 6.18 Å². The molecule has 1 aliphatic rings. The first-order chi connectivity index (χ1) is 15.3. The highest BCUT2D eigenvalue weighted by Gasteiger charge is 2.34. The van der Waals surface area contributed by atoms with E-state index >= 15 is 0 Å². The molecule has 0 saturated carbocycles. The quantitative estimate of drug-likeness (QED) is 0.485. The van der Waals surface area contributed by atoms with Gasteiger partial charge in [0.05, 0.1) is 11.3 Å². The van der Waals surface area contributed by atoms with Crippen LogP contribution in [0.2, 0.25) is 0 Å². The number of hydrogen-bond acceptors (Lipinski definition) is 6. The molecule has 1 saturated heterocycles. The highest BCUT2D eigenvalue weighted by Crippen LogP contribution is 2.36. The van der Waals surface area contributed by atoms with Gasteiger partial charge in [0.2, 0.25) is 0 Å². The van der Waals surface area contributed by atoms with Gasteiger partial charge in [0.25, 0.3) is 0 Å². The van der Waals surface area contributed by atoms with E-state index in [2.05, 4.69) is 32.5 Å². The molecular weight excluding hydrogens is 442 g/mol. The van der Waals surface area contributed by atoms with Crippen LogP contribution in [0.4, 0.5) is 28.4 Å². The van der Waals surface area contributed by atoms with Crippen molar-refractivity contribution in [2.75, 3.05) is 25.5 Å². The maximum Gasteiger partial charge on any atom is 0.419 e. The van der Waals surface area contributed by atoms with Crippen LogP contribution in [0, 0.1) is 5.82 Å². The lowest BCUT2D eigenvalue weighted by atomic mass is 10.1. The number of anilines is 2. The van der Waals surface area contributed by atoms with E-state index in [0.717, 1.165) is 54.2 Å². The average molecular weight is 466 g/mol. The zero-order valence-corrected chi connectivity index (χ0v) is 18.2. The summed E-state index contributed by atoms with van der Waals surface area (Å²) < 4.78 is 52.8. The summed E-state index contributed by atoms with van der Waals surface area (Å²) in [4.78, 5) is 12.0. The summed E-state index contributed by atoms with van der Waals surface area (Å²) in [5.41, 5.74) is 0.368. The lowest BCUT2D eigenvalue weighted by Crippen LogP contribution is -2.40. The van der Waals surface area contributed by atoms with Crippen LogP contribution < -0.4 is 10.6 Å². The average Bonchev–Trinajstić information content (AvgIpc) is 3.17. The Labute approximate surface area is 187 Å². The molecule has 0 bridgehead atoms. The Kier molecular flexibility index (Phi) is 6.73. The molecule has 0 aliphatic carbocycles. The fourth-order valence-corrected chi connectivity index (χ4v) is 4.60. The van der Waals surface area contributed by atoms with Crippen molar-refractivity contribution in [2.24, 2.45) is 0 Å². The van der Waals surface area contributed by atoms with Gasteiger partial charge in [-0.25, -0.2) is 9.37 Å². The van der Waals surface area contributed by atoms with Gasteiger partial charge in [-0.1, -0.05) is 11.3 Å². The predicted molar refractivity (Wildman–Crippen MR) is 117 cm³/mol. The third-order valence-electron chi connectivity index (χ3n) is 5.43. The van der Waals surface area contributed by atoms with Crippen molar-refractivity contribution in [1.82, 2.24) is 20.2 Å². The number of nitrogens with zero attached hydrogens (tertiary/aromatic N) is 3. The molecule has 1 aliphatic heterocycles. The molecule has 2 aromatic heterocycles. The molecule has 0 radical (unpaired) electrons. The summed E-state index contributed by atoms with van der Waals surface area (Å²) in [6, 6.07) is 6.95. The smallest absolute Gasteiger partial charge is 0.332 e. The van der Waals surface area contributed by atoms with Crippen LogP contribution in [0.25, 0.3) is 11.3 Å². The zero-order valence-electron chi connectivity index (χ0n) is 17.4. The van der Waals surface area contributed by atoms with E-state index in [1.165, 1.54) is 17.4 Å². The monoisotopic (exact) mass is 465 g/mol. The molecule has 2 N–H and O–H groups in total. The Bertz CT molecular complexity index is 1050. The second kappa shape index (κ2) is 9.51. The summed E-state index contributed by atoms with van der Waals surface area (Å²) in [6.07, 6.45) is 0.714. The van der Waals surface area contributed by atoms with E-state index in [9.17, 15) is 17.6 Å². The van der Waals surface area contributed by atoms with Gasteiger partial charge in [-0.2, -0.15) is 13.2 Å². The SMILES string of the molecule is CN1CCC(NCc2sc(Nc3ccc(F)c(C(F)(F)F)c3)nc2-c2cccnc2)CC1.